The zero-order valence-electron chi connectivity index (χ0n) is 12.2. The second-order valence-corrected chi connectivity index (χ2v) is 7.10. The molecule has 0 spiro atoms. The van der Waals surface area contributed by atoms with E-state index >= 15 is 0 Å². The van der Waals surface area contributed by atoms with Crippen LogP contribution in [0.4, 0.5) is 0 Å². The third-order valence-corrected chi connectivity index (χ3v) is 5.72. The van der Waals surface area contributed by atoms with Gasteiger partial charge in [-0.1, -0.05) is 19.3 Å². The molecule has 0 saturated heterocycles. The molecule has 0 unspecified atom stereocenters. The maximum atomic E-state index is 12.2. The molecule has 1 fully saturated rings. The Hall–Kier alpha value is -0.870. The number of amides is 1. The van der Waals surface area contributed by atoms with E-state index in [1.807, 2.05) is 11.3 Å². The molecule has 3 rings (SSSR count). The minimum absolute atomic E-state index is 0.211. The summed E-state index contributed by atoms with van der Waals surface area (Å²) in [4.78, 5) is 16.0. The minimum Gasteiger partial charge on any atom is -0.352 e. The Morgan fingerprint density at radius 1 is 1.40 bits per heavy atom. The molecule has 110 valence electrons. The van der Waals surface area contributed by atoms with Crippen LogP contribution < -0.4 is 5.32 Å². The summed E-state index contributed by atoms with van der Waals surface area (Å²) in [6.07, 6.45) is 7.28. The Morgan fingerprint density at radius 3 is 3.00 bits per heavy atom. The summed E-state index contributed by atoms with van der Waals surface area (Å²) in [5.41, 5.74) is 1.42. The van der Waals surface area contributed by atoms with Gasteiger partial charge in [-0.05, 0) is 43.2 Å². The number of rotatable bonds is 3. The van der Waals surface area contributed by atoms with E-state index in [9.17, 15) is 4.79 Å². The first-order valence-corrected chi connectivity index (χ1v) is 8.71. The van der Waals surface area contributed by atoms with Gasteiger partial charge in [0.05, 0.1) is 6.54 Å². The van der Waals surface area contributed by atoms with Gasteiger partial charge in [0.25, 0.3) is 0 Å². The van der Waals surface area contributed by atoms with Crippen LogP contribution in [-0.2, 0) is 11.2 Å². The standard InChI is InChI=1S/C16H24N2OS/c1-12-14-8-10-20-15(14)7-9-18(12)11-16(19)17-13-5-3-2-4-6-13/h8,10,12-13H,2-7,9,11H2,1H3,(H,17,19)/t12-/m0/s1. The van der Waals surface area contributed by atoms with Crippen LogP contribution in [0.25, 0.3) is 0 Å². The summed E-state index contributed by atoms with van der Waals surface area (Å²) < 4.78 is 0. The van der Waals surface area contributed by atoms with E-state index in [0.29, 0.717) is 18.6 Å². The van der Waals surface area contributed by atoms with Crippen LogP contribution in [0.3, 0.4) is 0 Å². The van der Waals surface area contributed by atoms with Crippen LogP contribution >= 0.6 is 11.3 Å². The first kappa shape index (κ1) is 14.1. The minimum atomic E-state index is 0.211. The first-order valence-electron chi connectivity index (χ1n) is 7.83. The van der Waals surface area contributed by atoms with Gasteiger partial charge < -0.3 is 5.32 Å². The highest BCUT2D eigenvalue weighted by Gasteiger charge is 2.26. The molecular weight excluding hydrogens is 268 g/mol. The monoisotopic (exact) mass is 292 g/mol. The van der Waals surface area contributed by atoms with E-state index < -0.39 is 0 Å². The molecule has 1 aromatic rings. The van der Waals surface area contributed by atoms with E-state index in [0.717, 1.165) is 25.8 Å². The number of nitrogens with zero attached hydrogens (tertiary/aromatic N) is 1. The Bertz CT molecular complexity index is 465. The molecule has 1 N–H and O–H groups in total. The predicted octanol–water partition coefficient (Wildman–Crippen LogP) is 3.12. The number of nitrogens with one attached hydrogen (secondary N) is 1. The fourth-order valence-electron chi connectivity index (χ4n) is 3.48. The van der Waals surface area contributed by atoms with Crippen molar-refractivity contribution in [3.8, 4) is 0 Å². The maximum absolute atomic E-state index is 12.2. The summed E-state index contributed by atoms with van der Waals surface area (Å²) >= 11 is 1.85. The highest BCUT2D eigenvalue weighted by Crippen LogP contribution is 2.32. The molecule has 1 aromatic heterocycles. The van der Waals surface area contributed by atoms with Crippen molar-refractivity contribution >= 4 is 17.2 Å². The zero-order valence-corrected chi connectivity index (χ0v) is 13.0. The number of thiophene rings is 1. The highest BCUT2D eigenvalue weighted by atomic mass is 32.1. The van der Waals surface area contributed by atoms with E-state index in [1.54, 1.807) is 0 Å². The van der Waals surface area contributed by atoms with Crippen molar-refractivity contribution < 1.29 is 4.79 Å². The number of hydrogen-bond acceptors (Lipinski definition) is 3. The van der Waals surface area contributed by atoms with Gasteiger partial charge in [-0.15, -0.1) is 11.3 Å². The lowest BCUT2D eigenvalue weighted by Crippen LogP contribution is -2.45. The molecule has 1 amide bonds. The molecular formula is C16H24N2OS. The Morgan fingerprint density at radius 2 is 2.20 bits per heavy atom. The Balaban J connectivity index is 1.54. The third-order valence-electron chi connectivity index (χ3n) is 4.72. The van der Waals surface area contributed by atoms with Crippen LogP contribution in [-0.4, -0.2) is 29.9 Å². The average molecular weight is 292 g/mol. The summed E-state index contributed by atoms with van der Waals surface area (Å²) in [7, 11) is 0. The second-order valence-electron chi connectivity index (χ2n) is 6.10. The molecule has 4 heteroatoms. The molecule has 1 aliphatic heterocycles. The molecule has 0 bridgehead atoms. The molecule has 1 aliphatic carbocycles. The predicted molar refractivity (Wildman–Crippen MR) is 83.0 cm³/mol. The van der Waals surface area contributed by atoms with Crippen LogP contribution in [0.15, 0.2) is 11.4 Å². The van der Waals surface area contributed by atoms with Crippen LogP contribution in [0.1, 0.15) is 55.5 Å². The van der Waals surface area contributed by atoms with Crippen molar-refractivity contribution in [1.82, 2.24) is 10.2 Å². The van der Waals surface area contributed by atoms with Crippen LogP contribution in [0, 0.1) is 0 Å². The summed E-state index contributed by atoms with van der Waals surface area (Å²) in [5.74, 6) is 0.211. The van der Waals surface area contributed by atoms with E-state index in [1.165, 1.54) is 29.7 Å². The van der Waals surface area contributed by atoms with Gasteiger partial charge in [-0.25, -0.2) is 0 Å². The van der Waals surface area contributed by atoms with Crippen molar-refractivity contribution in [3.05, 3.63) is 21.9 Å². The molecule has 2 aliphatic rings. The van der Waals surface area contributed by atoms with Crippen molar-refractivity contribution in [2.75, 3.05) is 13.1 Å². The number of fused-ring (bicyclic) bond motifs is 1. The third kappa shape index (κ3) is 3.07. The largest absolute Gasteiger partial charge is 0.352 e. The van der Waals surface area contributed by atoms with E-state index in [-0.39, 0.29) is 5.91 Å². The van der Waals surface area contributed by atoms with Crippen molar-refractivity contribution in [2.45, 2.75) is 57.5 Å². The summed E-state index contributed by atoms with van der Waals surface area (Å²) in [5, 5.41) is 5.40. The Labute approximate surface area is 125 Å². The summed E-state index contributed by atoms with van der Waals surface area (Å²) in [6.45, 7) is 3.78. The fourth-order valence-corrected chi connectivity index (χ4v) is 4.44. The highest BCUT2D eigenvalue weighted by molar-refractivity contribution is 7.10. The van der Waals surface area contributed by atoms with Gasteiger partial charge in [-0.2, -0.15) is 0 Å². The van der Waals surface area contributed by atoms with E-state index in [2.05, 4.69) is 28.6 Å². The molecule has 3 nitrogen and oxygen atoms in total. The number of hydrogen-bond donors (Lipinski definition) is 1. The lowest BCUT2D eigenvalue weighted by atomic mass is 9.95. The second kappa shape index (κ2) is 6.27. The SMILES string of the molecule is C[C@H]1c2ccsc2CCN1CC(=O)NC1CCCCC1. The number of carbonyl (C=O) groups excluding carboxylic acids is 1. The number of carbonyl (C=O) groups is 1. The van der Waals surface area contributed by atoms with Crippen LogP contribution in [0.5, 0.6) is 0 Å². The molecule has 20 heavy (non-hydrogen) atoms. The van der Waals surface area contributed by atoms with Crippen molar-refractivity contribution in [3.63, 3.8) is 0 Å². The normalized spacial score (nSPS) is 24.4. The van der Waals surface area contributed by atoms with Crippen molar-refractivity contribution in [1.29, 1.82) is 0 Å². The molecule has 1 atom stereocenters. The quantitative estimate of drug-likeness (QED) is 0.928. The lowest BCUT2D eigenvalue weighted by molar-refractivity contribution is -0.123. The van der Waals surface area contributed by atoms with Gasteiger partial charge in [-0.3, -0.25) is 9.69 Å². The van der Waals surface area contributed by atoms with Crippen molar-refractivity contribution in [2.24, 2.45) is 0 Å². The topological polar surface area (TPSA) is 32.3 Å². The van der Waals surface area contributed by atoms with E-state index in [4.69, 9.17) is 0 Å². The van der Waals surface area contributed by atoms with Gasteiger partial charge in [0.15, 0.2) is 0 Å². The molecule has 2 heterocycles. The summed E-state index contributed by atoms with van der Waals surface area (Å²) in [6, 6.07) is 3.02. The fraction of sp³-hybridized carbons (Fsp3) is 0.688. The average Bonchev–Trinajstić information content (AvgIpc) is 2.92. The van der Waals surface area contributed by atoms with Gasteiger partial charge >= 0.3 is 0 Å². The zero-order chi connectivity index (χ0) is 13.9. The lowest BCUT2D eigenvalue weighted by Gasteiger charge is -2.33. The maximum Gasteiger partial charge on any atom is 0.234 e. The van der Waals surface area contributed by atoms with Gasteiger partial charge in [0, 0.05) is 23.5 Å². The first-order chi connectivity index (χ1) is 9.74. The van der Waals surface area contributed by atoms with Gasteiger partial charge in [0.1, 0.15) is 0 Å². The van der Waals surface area contributed by atoms with Gasteiger partial charge in [0.2, 0.25) is 5.91 Å². The smallest absolute Gasteiger partial charge is 0.234 e. The molecule has 0 radical (unpaired) electrons. The van der Waals surface area contributed by atoms with Crippen LogP contribution in [0.2, 0.25) is 0 Å². The Kier molecular flexibility index (Phi) is 4.41. The molecule has 0 aromatic carbocycles. The molecule has 1 saturated carbocycles.